The molecule has 27 heavy (non-hydrogen) atoms. The fourth-order valence-corrected chi connectivity index (χ4v) is 2.94. The minimum atomic E-state index is -0.111. The van der Waals surface area contributed by atoms with E-state index < -0.39 is 0 Å². The van der Waals surface area contributed by atoms with Crippen molar-refractivity contribution < 1.29 is 9.53 Å². The van der Waals surface area contributed by atoms with Gasteiger partial charge in [-0.05, 0) is 53.2 Å². The van der Waals surface area contributed by atoms with E-state index >= 15 is 0 Å². The Morgan fingerprint density at radius 1 is 1.00 bits per heavy atom. The number of hydrogen-bond acceptors (Lipinski definition) is 3. The summed E-state index contributed by atoms with van der Waals surface area (Å²) in [6, 6.07) is 23.2. The lowest BCUT2D eigenvalue weighted by atomic mass is 10.1. The lowest BCUT2D eigenvalue weighted by Crippen LogP contribution is -2.23. The summed E-state index contributed by atoms with van der Waals surface area (Å²) in [5, 5.41) is 9.61. The van der Waals surface area contributed by atoms with Crippen LogP contribution in [0.1, 0.15) is 16.1 Å². The molecule has 0 saturated heterocycles. The van der Waals surface area contributed by atoms with E-state index in [4.69, 9.17) is 4.74 Å². The van der Waals surface area contributed by atoms with Crippen LogP contribution in [0.25, 0.3) is 16.5 Å². The smallest absolute Gasteiger partial charge is 0.251 e. The van der Waals surface area contributed by atoms with Gasteiger partial charge in [-0.3, -0.25) is 4.79 Å². The van der Waals surface area contributed by atoms with Crippen LogP contribution in [0, 0.1) is 0 Å². The van der Waals surface area contributed by atoms with Gasteiger partial charge in [-0.15, -0.1) is 0 Å². The van der Waals surface area contributed by atoms with E-state index in [9.17, 15) is 4.79 Å². The second-order valence-corrected chi connectivity index (χ2v) is 6.19. The third kappa shape index (κ3) is 3.67. The van der Waals surface area contributed by atoms with Gasteiger partial charge in [0.1, 0.15) is 5.75 Å². The summed E-state index contributed by atoms with van der Waals surface area (Å²) in [6.07, 6.45) is 1.87. The van der Waals surface area contributed by atoms with E-state index in [-0.39, 0.29) is 5.91 Å². The highest BCUT2D eigenvalue weighted by Gasteiger charge is 2.08. The SMILES string of the molecule is COc1ccc(-n2ccc(CNC(=O)c3ccc4ccccc4c3)n2)cc1. The molecule has 0 spiro atoms. The molecular weight excluding hydrogens is 338 g/mol. The number of hydrogen-bond donors (Lipinski definition) is 1. The van der Waals surface area contributed by atoms with Gasteiger partial charge in [0, 0.05) is 11.8 Å². The number of amides is 1. The van der Waals surface area contributed by atoms with Gasteiger partial charge in [0.05, 0.1) is 25.0 Å². The van der Waals surface area contributed by atoms with E-state index in [0.29, 0.717) is 12.1 Å². The van der Waals surface area contributed by atoms with E-state index in [1.165, 1.54) is 0 Å². The average molecular weight is 357 g/mol. The van der Waals surface area contributed by atoms with Gasteiger partial charge in [0.25, 0.3) is 5.91 Å². The van der Waals surface area contributed by atoms with Gasteiger partial charge in [-0.1, -0.05) is 30.3 Å². The van der Waals surface area contributed by atoms with Crippen LogP contribution < -0.4 is 10.1 Å². The van der Waals surface area contributed by atoms with Crippen LogP contribution in [0.3, 0.4) is 0 Å². The zero-order chi connectivity index (χ0) is 18.6. The molecule has 4 rings (SSSR count). The van der Waals surface area contributed by atoms with Crippen LogP contribution in [0.4, 0.5) is 0 Å². The fourth-order valence-electron chi connectivity index (χ4n) is 2.94. The molecule has 4 aromatic rings. The zero-order valence-electron chi connectivity index (χ0n) is 14.9. The molecule has 0 radical (unpaired) electrons. The number of benzene rings is 3. The fraction of sp³-hybridized carbons (Fsp3) is 0.0909. The number of aromatic nitrogens is 2. The Balaban J connectivity index is 1.43. The Bertz CT molecular complexity index is 1080. The Kier molecular flexibility index (Phi) is 4.58. The van der Waals surface area contributed by atoms with Crippen molar-refractivity contribution in [1.82, 2.24) is 15.1 Å². The largest absolute Gasteiger partial charge is 0.497 e. The molecule has 5 heteroatoms. The van der Waals surface area contributed by atoms with Crippen LogP contribution in [0.15, 0.2) is 79.0 Å². The topological polar surface area (TPSA) is 56.1 Å². The highest BCUT2D eigenvalue weighted by atomic mass is 16.5. The zero-order valence-corrected chi connectivity index (χ0v) is 14.9. The van der Waals surface area contributed by atoms with Crippen molar-refractivity contribution in [2.75, 3.05) is 7.11 Å². The molecular formula is C22H19N3O2. The Hall–Kier alpha value is -3.60. The molecule has 1 aromatic heterocycles. The third-order valence-corrected chi connectivity index (χ3v) is 4.42. The van der Waals surface area contributed by atoms with Crippen molar-refractivity contribution >= 4 is 16.7 Å². The quantitative estimate of drug-likeness (QED) is 0.588. The van der Waals surface area contributed by atoms with Crippen LogP contribution in [-0.2, 0) is 6.54 Å². The van der Waals surface area contributed by atoms with Crippen molar-refractivity contribution in [1.29, 1.82) is 0 Å². The summed E-state index contributed by atoms with van der Waals surface area (Å²) in [7, 11) is 1.64. The number of fused-ring (bicyclic) bond motifs is 1. The van der Waals surface area contributed by atoms with Crippen LogP contribution in [-0.4, -0.2) is 22.8 Å². The molecule has 3 aromatic carbocycles. The van der Waals surface area contributed by atoms with Gasteiger partial charge in [0.2, 0.25) is 0 Å². The van der Waals surface area contributed by atoms with Gasteiger partial charge < -0.3 is 10.1 Å². The molecule has 0 saturated carbocycles. The maximum absolute atomic E-state index is 12.4. The predicted molar refractivity (Wildman–Crippen MR) is 105 cm³/mol. The van der Waals surface area contributed by atoms with Gasteiger partial charge in [0.15, 0.2) is 0 Å². The lowest BCUT2D eigenvalue weighted by Gasteiger charge is -2.06. The number of methoxy groups -OCH3 is 1. The van der Waals surface area contributed by atoms with Crippen LogP contribution >= 0.6 is 0 Å². The van der Waals surface area contributed by atoms with Gasteiger partial charge in [-0.2, -0.15) is 5.10 Å². The highest BCUT2D eigenvalue weighted by molar-refractivity contribution is 5.98. The van der Waals surface area contributed by atoms with Crippen LogP contribution in [0.2, 0.25) is 0 Å². The molecule has 1 N–H and O–H groups in total. The third-order valence-electron chi connectivity index (χ3n) is 4.42. The minimum absolute atomic E-state index is 0.111. The molecule has 1 amide bonds. The first-order chi connectivity index (χ1) is 13.2. The number of carbonyl (C=O) groups is 1. The van der Waals surface area contributed by atoms with Crippen molar-refractivity contribution in [3.05, 3.63) is 90.3 Å². The number of carbonyl (C=O) groups excluding carboxylic acids is 1. The predicted octanol–water partition coefficient (Wildman–Crippen LogP) is 3.96. The molecule has 1 heterocycles. The molecule has 0 aliphatic heterocycles. The minimum Gasteiger partial charge on any atom is -0.497 e. The molecule has 0 atom stereocenters. The summed E-state index contributed by atoms with van der Waals surface area (Å²) >= 11 is 0. The molecule has 5 nitrogen and oxygen atoms in total. The average Bonchev–Trinajstić information content (AvgIpc) is 3.21. The van der Waals surface area contributed by atoms with Crippen molar-refractivity contribution in [3.8, 4) is 11.4 Å². The van der Waals surface area contributed by atoms with Crippen molar-refractivity contribution in [2.24, 2.45) is 0 Å². The molecule has 0 fully saturated rings. The van der Waals surface area contributed by atoms with Gasteiger partial charge in [-0.25, -0.2) is 4.68 Å². The highest BCUT2D eigenvalue weighted by Crippen LogP contribution is 2.16. The summed E-state index contributed by atoms with van der Waals surface area (Å²) in [4.78, 5) is 12.4. The summed E-state index contributed by atoms with van der Waals surface area (Å²) in [5.41, 5.74) is 2.37. The lowest BCUT2D eigenvalue weighted by molar-refractivity contribution is 0.0950. The molecule has 0 aliphatic rings. The summed E-state index contributed by atoms with van der Waals surface area (Å²) < 4.78 is 6.94. The molecule has 134 valence electrons. The number of nitrogens with zero attached hydrogens (tertiary/aromatic N) is 2. The van der Waals surface area contributed by atoms with Crippen molar-refractivity contribution in [2.45, 2.75) is 6.54 Å². The first kappa shape index (κ1) is 16.8. The molecule has 0 aliphatic carbocycles. The first-order valence-electron chi connectivity index (χ1n) is 8.69. The van der Waals surface area contributed by atoms with Crippen molar-refractivity contribution in [3.63, 3.8) is 0 Å². The van der Waals surface area contributed by atoms with E-state index in [1.807, 2.05) is 79.0 Å². The Labute approximate surface area is 157 Å². The summed E-state index contributed by atoms with van der Waals surface area (Å²) in [5.74, 6) is 0.688. The summed E-state index contributed by atoms with van der Waals surface area (Å²) in [6.45, 7) is 0.370. The number of nitrogens with one attached hydrogen (secondary N) is 1. The second kappa shape index (κ2) is 7.33. The Morgan fingerprint density at radius 2 is 1.78 bits per heavy atom. The van der Waals surface area contributed by atoms with Crippen LogP contribution in [0.5, 0.6) is 5.75 Å². The molecule has 0 unspecified atom stereocenters. The Morgan fingerprint density at radius 3 is 2.56 bits per heavy atom. The standard InChI is InChI=1S/C22H19N3O2/c1-27-21-10-8-20(9-11-21)25-13-12-19(24-25)15-23-22(26)18-7-6-16-4-2-3-5-17(16)14-18/h2-14H,15H2,1H3,(H,23,26). The normalized spacial score (nSPS) is 10.7. The molecule has 0 bridgehead atoms. The maximum atomic E-state index is 12.4. The van der Waals surface area contributed by atoms with E-state index in [2.05, 4.69) is 10.4 Å². The number of rotatable bonds is 5. The second-order valence-electron chi connectivity index (χ2n) is 6.19. The number of ether oxygens (including phenoxy) is 1. The van der Waals surface area contributed by atoms with E-state index in [0.717, 1.165) is 27.9 Å². The van der Waals surface area contributed by atoms with E-state index in [1.54, 1.807) is 11.8 Å². The first-order valence-corrected chi connectivity index (χ1v) is 8.69. The maximum Gasteiger partial charge on any atom is 0.251 e. The monoisotopic (exact) mass is 357 g/mol. The van der Waals surface area contributed by atoms with Gasteiger partial charge >= 0.3 is 0 Å².